The van der Waals surface area contributed by atoms with Crippen molar-refractivity contribution in [1.82, 2.24) is 20.3 Å². The lowest BCUT2D eigenvalue weighted by Crippen LogP contribution is -2.48. The molecule has 0 aliphatic heterocycles. The van der Waals surface area contributed by atoms with Gasteiger partial charge < -0.3 is 11.1 Å². The summed E-state index contributed by atoms with van der Waals surface area (Å²) in [6, 6.07) is 7.81. The molecule has 1 aromatic carbocycles. The number of aryl methyl sites for hydroxylation is 1. The highest BCUT2D eigenvalue weighted by molar-refractivity contribution is 5.92. The van der Waals surface area contributed by atoms with Crippen molar-refractivity contribution in [2.75, 3.05) is 6.54 Å². The van der Waals surface area contributed by atoms with E-state index in [1.807, 2.05) is 45.0 Å². The van der Waals surface area contributed by atoms with Gasteiger partial charge in [-0.05, 0) is 32.9 Å². The number of hydrogen-bond donors (Lipinski definition) is 2. The molecule has 1 heterocycles. The molecule has 3 N–H and O–H groups in total. The van der Waals surface area contributed by atoms with Crippen molar-refractivity contribution < 1.29 is 4.79 Å². The van der Waals surface area contributed by atoms with Crippen LogP contribution in [0.4, 0.5) is 0 Å². The summed E-state index contributed by atoms with van der Waals surface area (Å²) in [5.41, 5.74) is 7.41. The second-order valence-electron chi connectivity index (χ2n) is 5.43. The van der Waals surface area contributed by atoms with Gasteiger partial charge in [0, 0.05) is 12.1 Å². The minimum Gasteiger partial charge on any atom is -0.344 e. The first-order chi connectivity index (χ1) is 9.41. The Morgan fingerprint density at radius 1 is 1.33 bits per heavy atom. The molecule has 114 valence electrons. The molecule has 6 nitrogen and oxygen atoms in total. The minimum absolute atomic E-state index is 0. The van der Waals surface area contributed by atoms with Gasteiger partial charge in [-0.15, -0.1) is 17.5 Å². The number of halogens is 1. The highest BCUT2D eigenvalue weighted by atomic mass is 35.5. The Labute approximate surface area is 130 Å². The predicted octanol–water partition coefficient (Wildman–Crippen LogP) is 1.46. The summed E-state index contributed by atoms with van der Waals surface area (Å²) in [5, 5.41) is 10.7. The third kappa shape index (κ3) is 4.27. The van der Waals surface area contributed by atoms with Crippen LogP contribution in [0.2, 0.25) is 0 Å². The van der Waals surface area contributed by atoms with Crippen molar-refractivity contribution in [3.8, 4) is 5.69 Å². The molecular formula is C14H20ClN5O. The molecule has 0 radical (unpaired) electrons. The number of aromatic nitrogens is 3. The highest BCUT2D eigenvalue weighted by Crippen LogP contribution is 2.09. The molecule has 2 aromatic rings. The van der Waals surface area contributed by atoms with Crippen LogP contribution in [0, 0.1) is 6.92 Å². The zero-order chi connectivity index (χ0) is 14.8. The van der Waals surface area contributed by atoms with E-state index in [4.69, 9.17) is 5.73 Å². The van der Waals surface area contributed by atoms with Crippen LogP contribution in [0.3, 0.4) is 0 Å². The molecule has 0 saturated heterocycles. The zero-order valence-electron chi connectivity index (χ0n) is 12.3. The largest absolute Gasteiger partial charge is 0.344 e. The summed E-state index contributed by atoms with van der Waals surface area (Å²) >= 11 is 0. The van der Waals surface area contributed by atoms with E-state index < -0.39 is 5.54 Å². The number of rotatable bonds is 4. The van der Waals surface area contributed by atoms with E-state index in [0.29, 0.717) is 6.54 Å². The number of carbonyl (C=O) groups is 1. The first kappa shape index (κ1) is 17.1. The van der Waals surface area contributed by atoms with Gasteiger partial charge in [-0.25, -0.2) is 4.68 Å². The lowest BCUT2D eigenvalue weighted by Gasteiger charge is -2.23. The number of nitrogens with two attached hydrogens (primary N) is 1. The van der Waals surface area contributed by atoms with Gasteiger partial charge in [0.2, 0.25) is 0 Å². The number of amides is 1. The van der Waals surface area contributed by atoms with Crippen LogP contribution in [0.1, 0.15) is 29.9 Å². The highest BCUT2D eigenvalue weighted by Gasteiger charge is 2.21. The monoisotopic (exact) mass is 309 g/mol. The van der Waals surface area contributed by atoms with Gasteiger partial charge in [0.25, 0.3) is 5.91 Å². The molecule has 21 heavy (non-hydrogen) atoms. The van der Waals surface area contributed by atoms with E-state index in [0.717, 1.165) is 11.3 Å². The Kier molecular flexibility index (Phi) is 5.46. The van der Waals surface area contributed by atoms with Crippen molar-refractivity contribution in [3.63, 3.8) is 0 Å². The van der Waals surface area contributed by atoms with Gasteiger partial charge in [0.05, 0.1) is 11.9 Å². The van der Waals surface area contributed by atoms with Gasteiger partial charge in [0.1, 0.15) is 0 Å². The fourth-order valence-corrected chi connectivity index (χ4v) is 1.61. The fourth-order valence-electron chi connectivity index (χ4n) is 1.61. The van der Waals surface area contributed by atoms with Crippen LogP contribution in [-0.4, -0.2) is 33.0 Å². The molecule has 1 amide bonds. The van der Waals surface area contributed by atoms with E-state index in [1.54, 1.807) is 10.9 Å². The summed E-state index contributed by atoms with van der Waals surface area (Å²) in [5.74, 6) is -0.279. The van der Waals surface area contributed by atoms with Gasteiger partial charge in [-0.2, -0.15) is 0 Å². The summed E-state index contributed by atoms with van der Waals surface area (Å²) in [6.45, 7) is 6.08. The number of nitrogens with zero attached hydrogens (tertiary/aromatic N) is 3. The molecule has 0 spiro atoms. The topological polar surface area (TPSA) is 85.8 Å². The first-order valence-corrected chi connectivity index (χ1v) is 6.43. The first-order valence-electron chi connectivity index (χ1n) is 6.43. The average molecular weight is 310 g/mol. The number of hydrogen-bond acceptors (Lipinski definition) is 4. The van der Waals surface area contributed by atoms with Crippen LogP contribution in [-0.2, 0) is 0 Å². The standard InChI is InChI=1S/C14H19N5O.ClH/c1-10-4-6-11(7-5-10)19-8-12(17-18-19)13(20)16-14(2,3)9-15;/h4-8H,9,15H2,1-3H3,(H,16,20);1H. The maximum atomic E-state index is 12.0. The summed E-state index contributed by atoms with van der Waals surface area (Å²) in [7, 11) is 0. The molecule has 0 aliphatic rings. The molecule has 0 bridgehead atoms. The van der Waals surface area contributed by atoms with Crippen LogP contribution >= 0.6 is 12.4 Å². The number of carbonyl (C=O) groups excluding carboxylic acids is 1. The van der Waals surface area contributed by atoms with Crippen molar-refractivity contribution in [1.29, 1.82) is 0 Å². The van der Waals surface area contributed by atoms with Crippen molar-refractivity contribution in [3.05, 3.63) is 41.7 Å². The van der Waals surface area contributed by atoms with Crippen LogP contribution in [0.5, 0.6) is 0 Å². The molecule has 7 heteroatoms. The number of benzene rings is 1. The van der Waals surface area contributed by atoms with Crippen LogP contribution in [0.15, 0.2) is 30.5 Å². The van der Waals surface area contributed by atoms with Crippen molar-refractivity contribution >= 4 is 18.3 Å². The van der Waals surface area contributed by atoms with E-state index >= 15 is 0 Å². The number of nitrogens with one attached hydrogen (secondary N) is 1. The van der Waals surface area contributed by atoms with Crippen molar-refractivity contribution in [2.24, 2.45) is 5.73 Å². The van der Waals surface area contributed by atoms with Gasteiger partial charge in [-0.1, -0.05) is 22.9 Å². The maximum absolute atomic E-state index is 12.0. The minimum atomic E-state index is -0.468. The van der Waals surface area contributed by atoms with Gasteiger partial charge in [-0.3, -0.25) is 4.79 Å². The molecule has 2 rings (SSSR count). The second-order valence-corrected chi connectivity index (χ2v) is 5.43. The molecule has 1 aromatic heterocycles. The Morgan fingerprint density at radius 2 is 1.95 bits per heavy atom. The molecule has 0 aliphatic carbocycles. The zero-order valence-corrected chi connectivity index (χ0v) is 13.1. The quantitative estimate of drug-likeness (QED) is 0.895. The van der Waals surface area contributed by atoms with Gasteiger partial charge in [0.15, 0.2) is 5.69 Å². The SMILES string of the molecule is Cc1ccc(-n2cc(C(=O)NC(C)(C)CN)nn2)cc1.Cl. The molecule has 0 unspecified atom stereocenters. The lowest BCUT2D eigenvalue weighted by atomic mass is 10.1. The summed E-state index contributed by atoms with van der Waals surface area (Å²) in [4.78, 5) is 12.0. The predicted molar refractivity (Wildman–Crippen MR) is 83.9 cm³/mol. The van der Waals surface area contributed by atoms with Crippen molar-refractivity contribution in [2.45, 2.75) is 26.3 Å². The Morgan fingerprint density at radius 3 is 2.52 bits per heavy atom. The van der Waals surface area contributed by atoms with Gasteiger partial charge >= 0.3 is 0 Å². The maximum Gasteiger partial charge on any atom is 0.273 e. The Hall–Kier alpha value is -1.92. The molecule has 0 atom stereocenters. The second kappa shape index (κ2) is 6.69. The lowest BCUT2D eigenvalue weighted by molar-refractivity contribution is 0.0910. The van der Waals surface area contributed by atoms with E-state index in [2.05, 4.69) is 15.6 Å². The van der Waals surface area contributed by atoms with E-state index in [-0.39, 0.29) is 24.0 Å². The molecular weight excluding hydrogens is 290 g/mol. The summed E-state index contributed by atoms with van der Waals surface area (Å²) in [6.07, 6.45) is 1.60. The average Bonchev–Trinajstić information content (AvgIpc) is 2.89. The van der Waals surface area contributed by atoms with E-state index in [9.17, 15) is 4.79 Å². The third-order valence-electron chi connectivity index (χ3n) is 2.99. The Balaban J connectivity index is 0.00000220. The van der Waals surface area contributed by atoms with Crippen LogP contribution < -0.4 is 11.1 Å². The summed E-state index contributed by atoms with van der Waals surface area (Å²) < 4.78 is 1.57. The van der Waals surface area contributed by atoms with E-state index in [1.165, 1.54) is 0 Å². The normalized spacial score (nSPS) is 10.9. The Bertz CT molecular complexity index is 606. The molecule has 0 fully saturated rings. The molecule has 0 saturated carbocycles. The van der Waals surface area contributed by atoms with Crippen LogP contribution in [0.25, 0.3) is 5.69 Å². The fraction of sp³-hybridized carbons (Fsp3) is 0.357. The third-order valence-corrected chi connectivity index (χ3v) is 2.99. The smallest absolute Gasteiger partial charge is 0.273 e.